The maximum Gasteiger partial charge on any atom is 0.252 e. The van der Waals surface area contributed by atoms with Crippen LogP contribution in [-0.2, 0) is 5.41 Å². The zero-order valence-corrected chi connectivity index (χ0v) is 35.8. The van der Waals surface area contributed by atoms with Crippen LogP contribution in [0.4, 0.5) is 51.2 Å². The summed E-state index contributed by atoms with van der Waals surface area (Å²) in [6.07, 6.45) is 0. The average molecular weight is 796 g/mol. The molecule has 9 aromatic rings. The molecule has 0 spiro atoms. The first-order chi connectivity index (χ1) is 30.3. The third-order valence-electron chi connectivity index (χ3n) is 13.8. The molecule has 2 heterocycles. The number of hydrogen-bond acceptors (Lipinski definition) is 3. The molecule has 296 valence electrons. The molecule has 0 atom stereocenters. The number of benzene rings is 9. The van der Waals surface area contributed by atoms with E-state index in [0.29, 0.717) is 0 Å². The fraction of sp³-hybridized carbons (Fsp3) is 0.103. The minimum absolute atomic E-state index is 0.0402. The lowest BCUT2D eigenvalue weighted by Gasteiger charge is -2.45. The zero-order chi connectivity index (χ0) is 41.9. The Morgan fingerprint density at radius 2 is 1.03 bits per heavy atom. The van der Waals surface area contributed by atoms with Gasteiger partial charge < -0.3 is 14.7 Å². The van der Waals surface area contributed by atoms with Crippen LogP contribution in [0.2, 0.25) is 0 Å². The van der Waals surface area contributed by atoms with Gasteiger partial charge in [0.05, 0.1) is 11.4 Å². The highest BCUT2D eigenvalue weighted by Crippen LogP contribution is 2.56. The summed E-state index contributed by atoms with van der Waals surface area (Å²) in [7, 11) is 0. The van der Waals surface area contributed by atoms with Gasteiger partial charge in [-0.25, -0.2) is 0 Å². The molecule has 0 fully saturated rings. The van der Waals surface area contributed by atoms with Crippen LogP contribution in [0.5, 0.6) is 0 Å². The van der Waals surface area contributed by atoms with Gasteiger partial charge in [0.15, 0.2) is 0 Å². The van der Waals surface area contributed by atoms with Crippen LogP contribution in [0, 0.1) is 20.8 Å². The second-order valence-electron chi connectivity index (χ2n) is 17.9. The number of nitrogens with zero attached hydrogens (tertiary/aromatic N) is 3. The summed E-state index contributed by atoms with van der Waals surface area (Å²) in [6.45, 7) is 11.7. The van der Waals surface area contributed by atoms with Gasteiger partial charge in [-0.15, -0.1) is 0 Å². The minimum Gasteiger partial charge on any atom is -0.311 e. The van der Waals surface area contributed by atoms with Gasteiger partial charge in [-0.05, 0) is 143 Å². The van der Waals surface area contributed by atoms with Crippen molar-refractivity contribution >= 4 is 85.1 Å². The monoisotopic (exact) mass is 795 g/mol. The Morgan fingerprint density at radius 1 is 0.468 bits per heavy atom. The topological polar surface area (TPSA) is 9.72 Å². The molecule has 0 radical (unpaired) electrons. The molecule has 0 unspecified atom stereocenters. The van der Waals surface area contributed by atoms with Crippen molar-refractivity contribution in [3.63, 3.8) is 0 Å². The van der Waals surface area contributed by atoms with Crippen molar-refractivity contribution in [1.82, 2.24) is 0 Å². The van der Waals surface area contributed by atoms with Crippen molar-refractivity contribution in [2.75, 3.05) is 14.7 Å². The number of para-hydroxylation sites is 4. The highest BCUT2D eigenvalue weighted by Gasteiger charge is 2.46. The van der Waals surface area contributed by atoms with Crippen LogP contribution in [-0.4, -0.2) is 6.71 Å². The highest BCUT2D eigenvalue weighted by atomic mass is 15.2. The fourth-order valence-corrected chi connectivity index (χ4v) is 11.3. The summed E-state index contributed by atoms with van der Waals surface area (Å²) in [5, 5.41) is 2.51. The summed E-state index contributed by atoms with van der Waals surface area (Å²) < 4.78 is 0. The molecule has 2 aliphatic heterocycles. The van der Waals surface area contributed by atoms with E-state index in [2.05, 4.69) is 237 Å². The SMILES string of the molecule is Cc1cc(C)c(N2c3cc4c(cc3B3c5ccccc5N(c5ccccc5)c5cccc2c53)C(C)(C)c2cc(N(c3ccccc3)c3ccccc3)c3ccccc3c2-4)c(C)c1. The average Bonchev–Trinajstić information content (AvgIpc) is 3.52. The summed E-state index contributed by atoms with van der Waals surface area (Å²) in [6, 6.07) is 70.0. The van der Waals surface area contributed by atoms with Crippen molar-refractivity contribution in [2.45, 2.75) is 40.0 Å². The van der Waals surface area contributed by atoms with Crippen molar-refractivity contribution in [3.8, 4) is 11.1 Å². The Balaban J connectivity index is 1.16. The van der Waals surface area contributed by atoms with E-state index in [1.165, 1.54) is 106 Å². The lowest BCUT2D eigenvalue weighted by atomic mass is 9.33. The number of aryl methyl sites for hydroxylation is 3. The smallest absolute Gasteiger partial charge is 0.252 e. The Labute approximate surface area is 365 Å². The van der Waals surface area contributed by atoms with Crippen LogP contribution in [0.15, 0.2) is 188 Å². The predicted molar refractivity (Wildman–Crippen MR) is 264 cm³/mol. The van der Waals surface area contributed by atoms with Crippen LogP contribution >= 0.6 is 0 Å². The number of fused-ring (bicyclic) bond motifs is 9. The van der Waals surface area contributed by atoms with Gasteiger partial charge in [-0.1, -0.05) is 141 Å². The van der Waals surface area contributed by atoms with Crippen molar-refractivity contribution < 1.29 is 0 Å². The highest BCUT2D eigenvalue weighted by molar-refractivity contribution is 7.00. The Kier molecular flexibility index (Phi) is 8.02. The zero-order valence-electron chi connectivity index (χ0n) is 35.8. The minimum atomic E-state index is -0.290. The number of anilines is 9. The fourth-order valence-electron chi connectivity index (χ4n) is 11.3. The summed E-state index contributed by atoms with van der Waals surface area (Å²) in [4.78, 5) is 7.53. The van der Waals surface area contributed by atoms with E-state index >= 15 is 0 Å². The molecular formula is C58H46BN3. The predicted octanol–water partition coefficient (Wildman–Crippen LogP) is 13.6. The van der Waals surface area contributed by atoms with Crippen LogP contribution in [0.25, 0.3) is 21.9 Å². The van der Waals surface area contributed by atoms with Gasteiger partial charge in [0, 0.05) is 50.6 Å². The van der Waals surface area contributed by atoms with E-state index in [4.69, 9.17) is 0 Å². The second-order valence-corrected chi connectivity index (χ2v) is 17.9. The molecule has 0 amide bonds. The van der Waals surface area contributed by atoms with Gasteiger partial charge in [-0.2, -0.15) is 0 Å². The summed E-state index contributed by atoms with van der Waals surface area (Å²) in [5.74, 6) is 0. The second kappa shape index (κ2) is 13.6. The Hall–Kier alpha value is -7.30. The van der Waals surface area contributed by atoms with E-state index in [1.54, 1.807) is 0 Å². The van der Waals surface area contributed by atoms with Crippen molar-refractivity contribution in [3.05, 3.63) is 216 Å². The standard InChI is InChI=1S/C58H46BN3/c1-37-32-38(2)57(39(3)33-37)62-52-31-19-30-51-56(52)59(48-28-17-18-29-50(48)61(51)42-24-13-8-14-25-42)49-35-46-45(34-54(49)62)55-44-27-16-15-26-43(44)53(36-47(55)58(46,4)5)60(40-20-9-6-10-21-40)41-22-11-7-12-23-41/h6-36H,1-5H3. The number of rotatable bonds is 5. The van der Waals surface area contributed by atoms with Crippen LogP contribution < -0.4 is 31.1 Å². The normalized spacial score (nSPS) is 13.9. The van der Waals surface area contributed by atoms with E-state index in [0.717, 1.165) is 11.4 Å². The van der Waals surface area contributed by atoms with E-state index < -0.39 is 0 Å². The molecule has 3 nitrogen and oxygen atoms in total. The lowest BCUT2D eigenvalue weighted by molar-refractivity contribution is 0.661. The largest absolute Gasteiger partial charge is 0.311 e. The van der Waals surface area contributed by atoms with Gasteiger partial charge in [0.2, 0.25) is 0 Å². The molecule has 0 aromatic heterocycles. The molecular weight excluding hydrogens is 749 g/mol. The molecule has 12 rings (SSSR count). The van der Waals surface area contributed by atoms with Gasteiger partial charge in [0.25, 0.3) is 6.71 Å². The van der Waals surface area contributed by atoms with E-state index in [-0.39, 0.29) is 12.1 Å². The summed E-state index contributed by atoms with van der Waals surface area (Å²) >= 11 is 0. The van der Waals surface area contributed by atoms with Crippen molar-refractivity contribution in [1.29, 1.82) is 0 Å². The summed E-state index contributed by atoms with van der Waals surface area (Å²) in [5.41, 5.74) is 23.8. The molecule has 0 saturated carbocycles. The maximum absolute atomic E-state index is 2.61. The van der Waals surface area contributed by atoms with Gasteiger partial charge in [-0.3, -0.25) is 0 Å². The van der Waals surface area contributed by atoms with E-state index in [9.17, 15) is 0 Å². The van der Waals surface area contributed by atoms with Crippen molar-refractivity contribution in [2.24, 2.45) is 0 Å². The molecule has 0 bridgehead atoms. The van der Waals surface area contributed by atoms with Crippen LogP contribution in [0.3, 0.4) is 0 Å². The van der Waals surface area contributed by atoms with Gasteiger partial charge in [0.1, 0.15) is 0 Å². The quantitative estimate of drug-likeness (QED) is 0.161. The Morgan fingerprint density at radius 3 is 1.71 bits per heavy atom. The molecule has 1 aliphatic carbocycles. The molecule has 0 saturated heterocycles. The third-order valence-corrected chi connectivity index (χ3v) is 13.8. The van der Waals surface area contributed by atoms with Gasteiger partial charge >= 0.3 is 0 Å². The molecule has 0 N–H and O–H groups in total. The maximum atomic E-state index is 2.61. The molecule has 9 aromatic carbocycles. The van der Waals surface area contributed by atoms with E-state index in [1.807, 2.05) is 0 Å². The first kappa shape index (κ1) is 36.5. The third kappa shape index (κ3) is 5.19. The van der Waals surface area contributed by atoms with Crippen LogP contribution in [0.1, 0.15) is 41.7 Å². The first-order valence-electron chi connectivity index (χ1n) is 21.9. The molecule has 3 aliphatic rings. The first-order valence-corrected chi connectivity index (χ1v) is 21.9. The Bertz CT molecular complexity index is 3200. The lowest BCUT2D eigenvalue weighted by Crippen LogP contribution is -2.61. The molecule has 62 heavy (non-hydrogen) atoms. The number of hydrogen-bond donors (Lipinski definition) is 0. The molecule has 4 heteroatoms.